The number of halogens is 1. The minimum atomic E-state index is -0.692. The van der Waals surface area contributed by atoms with Gasteiger partial charge in [-0.05, 0) is 6.42 Å². The molecule has 0 aromatic carbocycles. The number of nitrogens with two attached hydrogens (primary N) is 1. The third-order valence-corrected chi connectivity index (χ3v) is 4.28. The molecule has 2 atom stereocenters. The van der Waals surface area contributed by atoms with Gasteiger partial charge < -0.3 is 10.8 Å². The van der Waals surface area contributed by atoms with Crippen molar-refractivity contribution >= 4 is 0 Å². The highest BCUT2D eigenvalue weighted by atomic mass is 19.1. The molecule has 0 heterocycles. The van der Waals surface area contributed by atoms with E-state index in [-0.39, 0.29) is 0 Å². The fourth-order valence-corrected chi connectivity index (χ4v) is 2.69. The highest BCUT2D eigenvalue weighted by molar-refractivity contribution is 4.70. The zero-order valence-corrected chi connectivity index (χ0v) is 14.2. The predicted octanol–water partition coefficient (Wildman–Crippen LogP) is 5.13. The monoisotopic (exact) mass is 303 g/mol. The quantitative estimate of drug-likeness (QED) is 0.388. The van der Waals surface area contributed by atoms with E-state index in [1.54, 1.807) is 0 Å². The van der Waals surface area contributed by atoms with Gasteiger partial charge in [0, 0.05) is 0 Å². The molecule has 0 aliphatic rings. The number of aliphatic hydroxyl groups is 1. The largest absolute Gasteiger partial charge is 0.391 e. The normalized spacial score (nSPS) is 14.3. The van der Waals surface area contributed by atoms with Crippen molar-refractivity contribution in [2.75, 3.05) is 6.67 Å². The molecule has 0 radical (unpaired) electrons. The lowest BCUT2D eigenvalue weighted by Crippen LogP contribution is -2.36. The molecule has 128 valence electrons. The van der Waals surface area contributed by atoms with E-state index in [0.717, 1.165) is 12.8 Å². The molecule has 0 saturated heterocycles. The Hall–Kier alpha value is -0.150. The van der Waals surface area contributed by atoms with Gasteiger partial charge in [-0.2, -0.15) is 0 Å². The molecule has 0 saturated carbocycles. The Morgan fingerprint density at radius 1 is 0.762 bits per heavy atom. The molecular weight excluding hydrogens is 265 g/mol. The average Bonchev–Trinajstić information content (AvgIpc) is 2.50. The first-order valence-corrected chi connectivity index (χ1v) is 9.22. The molecule has 2 nitrogen and oxygen atoms in total. The Kier molecular flexibility index (Phi) is 16.1. The van der Waals surface area contributed by atoms with E-state index >= 15 is 0 Å². The van der Waals surface area contributed by atoms with Gasteiger partial charge in [0.2, 0.25) is 0 Å². The van der Waals surface area contributed by atoms with E-state index in [1.165, 1.54) is 70.6 Å². The van der Waals surface area contributed by atoms with Gasteiger partial charge in [0.15, 0.2) is 0 Å². The third kappa shape index (κ3) is 14.5. The molecule has 3 heteroatoms. The maximum absolute atomic E-state index is 12.2. The van der Waals surface area contributed by atoms with Crippen LogP contribution in [0.25, 0.3) is 0 Å². The number of hydrogen-bond donors (Lipinski definition) is 2. The maximum atomic E-state index is 12.2. The van der Waals surface area contributed by atoms with Gasteiger partial charge in [0.25, 0.3) is 0 Å². The van der Waals surface area contributed by atoms with E-state index < -0.39 is 18.8 Å². The summed E-state index contributed by atoms with van der Waals surface area (Å²) in [6.45, 7) is 1.63. The molecule has 0 rings (SSSR count). The lowest BCUT2D eigenvalue weighted by molar-refractivity contribution is 0.119. The summed E-state index contributed by atoms with van der Waals surface area (Å²) in [5.41, 5.74) is 5.44. The van der Waals surface area contributed by atoms with Crippen LogP contribution in [0, 0.1) is 0 Å². The summed E-state index contributed by atoms with van der Waals surface area (Å²) in [5, 5.41) is 9.53. The Morgan fingerprint density at radius 2 is 1.14 bits per heavy atom. The zero-order chi connectivity index (χ0) is 15.8. The number of alkyl halides is 1. The summed E-state index contributed by atoms with van der Waals surface area (Å²) in [5.74, 6) is 0. The van der Waals surface area contributed by atoms with Gasteiger partial charge in [-0.1, -0.05) is 90.4 Å². The van der Waals surface area contributed by atoms with Crippen LogP contribution in [0.4, 0.5) is 4.39 Å². The molecule has 0 bridgehead atoms. The number of unbranched alkanes of at least 4 members (excludes halogenated alkanes) is 12. The Balaban J connectivity index is 3.09. The molecule has 0 amide bonds. The van der Waals surface area contributed by atoms with Gasteiger partial charge in [-0.25, -0.2) is 4.39 Å². The number of rotatable bonds is 16. The Labute approximate surface area is 131 Å². The predicted molar refractivity (Wildman–Crippen MR) is 90.3 cm³/mol. The fourth-order valence-electron chi connectivity index (χ4n) is 2.69. The lowest BCUT2D eigenvalue weighted by Gasteiger charge is -2.15. The Bertz CT molecular complexity index is 202. The van der Waals surface area contributed by atoms with Crippen molar-refractivity contribution in [1.82, 2.24) is 0 Å². The van der Waals surface area contributed by atoms with Crippen LogP contribution in [-0.4, -0.2) is 23.9 Å². The third-order valence-electron chi connectivity index (χ3n) is 4.28. The molecule has 0 aromatic rings. The second-order valence-electron chi connectivity index (χ2n) is 6.42. The van der Waals surface area contributed by atoms with Crippen molar-refractivity contribution in [3.63, 3.8) is 0 Å². The molecule has 0 fully saturated rings. The van der Waals surface area contributed by atoms with Crippen LogP contribution in [0.15, 0.2) is 0 Å². The summed E-state index contributed by atoms with van der Waals surface area (Å²) in [4.78, 5) is 0. The molecule has 0 aliphatic carbocycles. The van der Waals surface area contributed by atoms with E-state index in [1.807, 2.05) is 0 Å². The minimum Gasteiger partial charge on any atom is -0.391 e. The van der Waals surface area contributed by atoms with Gasteiger partial charge >= 0.3 is 0 Å². The van der Waals surface area contributed by atoms with E-state index in [0.29, 0.717) is 6.42 Å². The molecule has 2 unspecified atom stereocenters. The standard InChI is InChI=1S/C18H38FNO/c1-2-3-4-5-6-7-8-9-10-11-12-13-14-15-18(21)17(20)16-19/h17-18,21H,2-16,20H2,1H3. The van der Waals surface area contributed by atoms with Crippen molar-refractivity contribution in [1.29, 1.82) is 0 Å². The fraction of sp³-hybridized carbons (Fsp3) is 1.00. The molecule has 21 heavy (non-hydrogen) atoms. The first-order valence-electron chi connectivity index (χ1n) is 9.22. The summed E-state index contributed by atoms with van der Waals surface area (Å²) in [6.07, 6.45) is 17.0. The lowest BCUT2D eigenvalue weighted by atomic mass is 10.0. The average molecular weight is 304 g/mol. The van der Waals surface area contributed by atoms with E-state index in [4.69, 9.17) is 5.73 Å². The zero-order valence-electron chi connectivity index (χ0n) is 14.2. The first-order chi connectivity index (χ1) is 10.2. The highest BCUT2D eigenvalue weighted by Crippen LogP contribution is 2.13. The SMILES string of the molecule is CCCCCCCCCCCCCCCC(O)C(N)CF. The summed E-state index contributed by atoms with van der Waals surface area (Å²) < 4.78 is 12.2. The highest BCUT2D eigenvalue weighted by Gasteiger charge is 2.13. The van der Waals surface area contributed by atoms with Crippen LogP contribution < -0.4 is 5.73 Å². The van der Waals surface area contributed by atoms with Crippen molar-refractivity contribution < 1.29 is 9.50 Å². The summed E-state index contributed by atoms with van der Waals surface area (Å²) in [7, 11) is 0. The van der Waals surface area contributed by atoms with Crippen molar-refractivity contribution in [3.05, 3.63) is 0 Å². The summed E-state index contributed by atoms with van der Waals surface area (Å²) >= 11 is 0. The maximum Gasteiger partial charge on any atom is 0.107 e. The van der Waals surface area contributed by atoms with Gasteiger partial charge in [0.05, 0.1) is 12.1 Å². The second kappa shape index (κ2) is 16.2. The number of aliphatic hydroxyl groups excluding tert-OH is 1. The first kappa shape index (κ1) is 20.9. The second-order valence-corrected chi connectivity index (χ2v) is 6.42. The smallest absolute Gasteiger partial charge is 0.107 e. The molecular formula is C18H38FNO. The number of hydrogen-bond acceptors (Lipinski definition) is 2. The van der Waals surface area contributed by atoms with Gasteiger partial charge in [-0.15, -0.1) is 0 Å². The molecule has 0 aromatic heterocycles. The molecule has 0 spiro atoms. The van der Waals surface area contributed by atoms with Crippen LogP contribution in [-0.2, 0) is 0 Å². The van der Waals surface area contributed by atoms with Crippen LogP contribution in [0.5, 0.6) is 0 Å². The van der Waals surface area contributed by atoms with Crippen LogP contribution >= 0.6 is 0 Å². The molecule has 3 N–H and O–H groups in total. The van der Waals surface area contributed by atoms with Crippen LogP contribution in [0.1, 0.15) is 96.8 Å². The van der Waals surface area contributed by atoms with Crippen molar-refractivity contribution in [2.24, 2.45) is 5.73 Å². The van der Waals surface area contributed by atoms with Crippen molar-refractivity contribution in [3.8, 4) is 0 Å². The summed E-state index contributed by atoms with van der Waals surface area (Å²) in [6, 6.07) is -0.692. The van der Waals surface area contributed by atoms with E-state index in [2.05, 4.69) is 6.92 Å². The van der Waals surface area contributed by atoms with Gasteiger partial charge in [0.1, 0.15) is 6.67 Å². The van der Waals surface area contributed by atoms with Crippen LogP contribution in [0.2, 0.25) is 0 Å². The minimum absolute atomic E-state index is 0.625. The van der Waals surface area contributed by atoms with E-state index in [9.17, 15) is 9.50 Å². The topological polar surface area (TPSA) is 46.2 Å². The van der Waals surface area contributed by atoms with Crippen molar-refractivity contribution in [2.45, 2.75) is 109 Å². The van der Waals surface area contributed by atoms with Gasteiger partial charge in [-0.3, -0.25) is 0 Å². The molecule has 0 aliphatic heterocycles. The van der Waals surface area contributed by atoms with Crippen LogP contribution in [0.3, 0.4) is 0 Å². The Morgan fingerprint density at radius 3 is 1.52 bits per heavy atom.